The first-order valence-corrected chi connectivity index (χ1v) is 8.71. The second-order valence-corrected chi connectivity index (χ2v) is 6.52. The number of hydrogen-bond acceptors (Lipinski definition) is 2. The van der Waals surface area contributed by atoms with E-state index in [0.29, 0.717) is 29.9 Å². The molecule has 0 aliphatic carbocycles. The van der Waals surface area contributed by atoms with Crippen LogP contribution in [0.25, 0.3) is 0 Å². The summed E-state index contributed by atoms with van der Waals surface area (Å²) in [4.78, 5) is 26.5. The van der Waals surface area contributed by atoms with E-state index in [-0.39, 0.29) is 17.8 Å². The number of piperidine rings is 1. The molecular weight excluding hydrogens is 333 g/mol. The van der Waals surface area contributed by atoms with Gasteiger partial charge >= 0.3 is 6.03 Å². The lowest BCUT2D eigenvalue weighted by Gasteiger charge is -2.33. The van der Waals surface area contributed by atoms with E-state index >= 15 is 0 Å². The molecule has 0 aromatic heterocycles. The largest absolute Gasteiger partial charge is 0.337 e. The van der Waals surface area contributed by atoms with Crippen molar-refractivity contribution in [1.82, 2.24) is 10.2 Å². The summed E-state index contributed by atoms with van der Waals surface area (Å²) in [6.45, 7) is 2.81. The molecule has 2 aromatic carbocycles. The van der Waals surface area contributed by atoms with Crippen LogP contribution in [0.2, 0.25) is 0 Å². The molecule has 1 fully saturated rings. The molecule has 1 aliphatic rings. The summed E-state index contributed by atoms with van der Waals surface area (Å²) < 4.78 is 13.6. The lowest BCUT2D eigenvalue weighted by Crippen LogP contribution is -2.50. The minimum absolute atomic E-state index is 0.0295. The van der Waals surface area contributed by atoms with Gasteiger partial charge in [-0.05, 0) is 49.6 Å². The average Bonchev–Trinajstić information content (AvgIpc) is 2.65. The standard InChI is InChI=1S/C20H22FN3O2/c1-14-9-10-16(12-18(14)21)22-20(26)23-17-8-5-11-24(13-17)19(25)15-6-3-2-4-7-15/h2-4,6-7,9-10,12,17H,5,8,11,13H2,1H3,(H2,22,23,26). The zero-order valence-corrected chi connectivity index (χ0v) is 14.7. The maximum atomic E-state index is 13.6. The number of anilines is 1. The molecule has 136 valence electrons. The molecule has 1 heterocycles. The molecule has 0 saturated carbocycles. The molecule has 1 unspecified atom stereocenters. The highest BCUT2D eigenvalue weighted by atomic mass is 19.1. The van der Waals surface area contributed by atoms with E-state index in [9.17, 15) is 14.0 Å². The average molecular weight is 355 g/mol. The number of nitrogens with zero attached hydrogens (tertiary/aromatic N) is 1. The second kappa shape index (κ2) is 7.99. The summed E-state index contributed by atoms with van der Waals surface area (Å²) >= 11 is 0. The molecule has 5 nitrogen and oxygen atoms in total. The molecule has 0 spiro atoms. The van der Waals surface area contributed by atoms with Gasteiger partial charge in [0.2, 0.25) is 0 Å². The number of hydrogen-bond donors (Lipinski definition) is 2. The maximum absolute atomic E-state index is 13.6. The van der Waals surface area contributed by atoms with Gasteiger partial charge in [0.05, 0.1) is 0 Å². The van der Waals surface area contributed by atoms with Gasteiger partial charge in [-0.25, -0.2) is 9.18 Å². The first-order valence-electron chi connectivity index (χ1n) is 8.71. The Morgan fingerprint density at radius 2 is 1.92 bits per heavy atom. The van der Waals surface area contributed by atoms with Gasteiger partial charge in [-0.15, -0.1) is 0 Å². The zero-order chi connectivity index (χ0) is 18.5. The molecule has 2 aromatic rings. The fourth-order valence-corrected chi connectivity index (χ4v) is 3.07. The van der Waals surface area contributed by atoms with Crippen molar-refractivity contribution in [3.05, 3.63) is 65.5 Å². The third-order valence-corrected chi connectivity index (χ3v) is 4.49. The van der Waals surface area contributed by atoms with Gasteiger partial charge in [0.1, 0.15) is 5.82 Å². The van der Waals surface area contributed by atoms with E-state index < -0.39 is 6.03 Å². The van der Waals surface area contributed by atoms with Crippen molar-refractivity contribution in [3.8, 4) is 0 Å². The van der Waals surface area contributed by atoms with Gasteiger partial charge in [0.15, 0.2) is 0 Å². The van der Waals surface area contributed by atoms with Gasteiger partial charge in [-0.3, -0.25) is 4.79 Å². The fourth-order valence-electron chi connectivity index (χ4n) is 3.07. The molecule has 2 N–H and O–H groups in total. The van der Waals surface area contributed by atoms with Crippen molar-refractivity contribution in [3.63, 3.8) is 0 Å². The van der Waals surface area contributed by atoms with E-state index in [4.69, 9.17) is 0 Å². The summed E-state index contributed by atoms with van der Waals surface area (Å²) in [6, 6.07) is 13.2. The molecule has 3 amide bonds. The van der Waals surface area contributed by atoms with Crippen molar-refractivity contribution in [1.29, 1.82) is 0 Å². The highest BCUT2D eigenvalue weighted by molar-refractivity contribution is 5.94. The lowest BCUT2D eigenvalue weighted by molar-refractivity contribution is 0.0698. The van der Waals surface area contributed by atoms with E-state index in [1.54, 1.807) is 36.1 Å². The number of benzene rings is 2. The first kappa shape index (κ1) is 17.9. The Labute approximate surface area is 152 Å². The van der Waals surface area contributed by atoms with Crippen molar-refractivity contribution >= 4 is 17.6 Å². The van der Waals surface area contributed by atoms with Crippen LogP contribution in [0.1, 0.15) is 28.8 Å². The van der Waals surface area contributed by atoms with E-state index in [1.807, 2.05) is 18.2 Å². The van der Waals surface area contributed by atoms with Crippen LogP contribution in [0.4, 0.5) is 14.9 Å². The van der Waals surface area contributed by atoms with Crippen LogP contribution in [0, 0.1) is 12.7 Å². The van der Waals surface area contributed by atoms with Gasteiger partial charge in [0.25, 0.3) is 5.91 Å². The van der Waals surface area contributed by atoms with Crippen LogP contribution in [-0.4, -0.2) is 36.0 Å². The minimum Gasteiger partial charge on any atom is -0.337 e. The van der Waals surface area contributed by atoms with Crippen molar-refractivity contribution in [2.75, 3.05) is 18.4 Å². The van der Waals surface area contributed by atoms with Crippen LogP contribution in [0.15, 0.2) is 48.5 Å². The third-order valence-electron chi connectivity index (χ3n) is 4.49. The summed E-state index contributed by atoms with van der Waals surface area (Å²) in [7, 11) is 0. The normalized spacial score (nSPS) is 16.8. The number of urea groups is 1. The van der Waals surface area contributed by atoms with Crippen LogP contribution in [0.3, 0.4) is 0 Å². The molecule has 1 saturated heterocycles. The number of nitrogens with one attached hydrogen (secondary N) is 2. The topological polar surface area (TPSA) is 61.4 Å². The predicted molar refractivity (Wildman–Crippen MR) is 98.7 cm³/mol. The van der Waals surface area contributed by atoms with Crippen molar-refractivity contribution in [2.45, 2.75) is 25.8 Å². The molecule has 26 heavy (non-hydrogen) atoms. The van der Waals surface area contributed by atoms with Crippen molar-refractivity contribution < 1.29 is 14.0 Å². The zero-order valence-electron chi connectivity index (χ0n) is 14.7. The van der Waals surface area contributed by atoms with Gasteiger partial charge in [-0.1, -0.05) is 24.3 Å². The minimum atomic E-state index is -0.396. The van der Waals surface area contributed by atoms with Crippen LogP contribution >= 0.6 is 0 Å². The Hall–Kier alpha value is -2.89. The number of rotatable bonds is 3. The summed E-state index contributed by atoms with van der Waals surface area (Å²) in [5.74, 6) is -0.391. The number of halogens is 1. The fraction of sp³-hybridized carbons (Fsp3) is 0.300. The maximum Gasteiger partial charge on any atom is 0.319 e. The highest BCUT2D eigenvalue weighted by Crippen LogP contribution is 2.16. The van der Waals surface area contributed by atoms with Crippen LogP contribution < -0.4 is 10.6 Å². The molecular formula is C20H22FN3O2. The lowest BCUT2D eigenvalue weighted by atomic mass is 10.0. The second-order valence-electron chi connectivity index (χ2n) is 6.52. The Balaban J connectivity index is 1.57. The Bertz CT molecular complexity index is 795. The number of aryl methyl sites for hydroxylation is 1. The Morgan fingerprint density at radius 3 is 2.65 bits per heavy atom. The van der Waals surface area contributed by atoms with Gasteiger partial charge < -0.3 is 15.5 Å². The van der Waals surface area contributed by atoms with Gasteiger partial charge in [0, 0.05) is 30.4 Å². The van der Waals surface area contributed by atoms with Crippen molar-refractivity contribution in [2.24, 2.45) is 0 Å². The Kier molecular flexibility index (Phi) is 5.51. The molecule has 1 aliphatic heterocycles. The molecule has 1 atom stereocenters. The molecule has 0 bridgehead atoms. The number of carbonyl (C=O) groups is 2. The van der Waals surface area contributed by atoms with E-state index in [2.05, 4.69) is 10.6 Å². The van der Waals surface area contributed by atoms with E-state index in [1.165, 1.54) is 6.07 Å². The summed E-state index contributed by atoms with van der Waals surface area (Å²) in [5.41, 5.74) is 1.57. The smallest absolute Gasteiger partial charge is 0.319 e. The van der Waals surface area contributed by atoms with Crippen LogP contribution in [-0.2, 0) is 0 Å². The number of amides is 3. The highest BCUT2D eigenvalue weighted by Gasteiger charge is 2.25. The Morgan fingerprint density at radius 1 is 1.15 bits per heavy atom. The molecule has 3 rings (SSSR count). The monoisotopic (exact) mass is 355 g/mol. The quantitative estimate of drug-likeness (QED) is 0.884. The molecule has 0 radical (unpaired) electrons. The SMILES string of the molecule is Cc1ccc(NC(=O)NC2CCCN(C(=O)c3ccccc3)C2)cc1F. The first-order chi connectivity index (χ1) is 12.5. The van der Waals surface area contributed by atoms with E-state index in [0.717, 1.165) is 12.8 Å². The third kappa shape index (κ3) is 4.39. The summed E-state index contributed by atoms with van der Waals surface area (Å²) in [6.07, 6.45) is 1.62. The predicted octanol–water partition coefficient (Wildman–Crippen LogP) is 3.56. The molecule has 6 heteroatoms. The van der Waals surface area contributed by atoms with Crippen LogP contribution in [0.5, 0.6) is 0 Å². The van der Waals surface area contributed by atoms with Gasteiger partial charge in [-0.2, -0.15) is 0 Å². The number of likely N-dealkylation sites (tertiary alicyclic amines) is 1. The number of carbonyl (C=O) groups excluding carboxylic acids is 2. The summed E-state index contributed by atoms with van der Waals surface area (Å²) in [5, 5.41) is 5.51.